The number of Topliss-reactive ketones (excluding diaryl/α,β-unsaturated/α-hetero) is 1. The van der Waals surface area contributed by atoms with Crippen molar-refractivity contribution < 1.29 is 9.53 Å². The molecule has 2 rings (SSSR count). The van der Waals surface area contributed by atoms with Crippen molar-refractivity contribution in [3.8, 4) is 0 Å². The molecule has 0 aliphatic carbocycles. The zero-order valence-electron chi connectivity index (χ0n) is 11.2. The van der Waals surface area contributed by atoms with Gasteiger partial charge in [-0.3, -0.25) is 9.48 Å². The Morgan fingerprint density at radius 2 is 2.47 bits per heavy atom. The van der Waals surface area contributed by atoms with E-state index in [0.717, 1.165) is 6.54 Å². The van der Waals surface area contributed by atoms with Gasteiger partial charge in [0.25, 0.3) is 0 Å². The lowest BCUT2D eigenvalue weighted by Crippen LogP contribution is -2.47. The van der Waals surface area contributed by atoms with Crippen LogP contribution in [-0.2, 0) is 11.3 Å². The SMILES string of the molecule is CN(C)CCn1ncc(Cl)c1C(=O)C1COCCN1. The molecule has 0 aromatic carbocycles. The first-order valence-electron chi connectivity index (χ1n) is 6.31. The van der Waals surface area contributed by atoms with E-state index in [4.69, 9.17) is 16.3 Å². The first-order chi connectivity index (χ1) is 9.09. The molecule has 106 valence electrons. The standard InChI is InChI=1S/C12H19ClN4O2/c1-16(2)4-5-17-11(9(13)7-15-17)12(18)10-8-19-6-3-14-10/h7,10,14H,3-6,8H2,1-2H3. The van der Waals surface area contributed by atoms with E-state index in [1.54, 1.807) is 4.68 Å². The van der Waals surface area contributed by atoms with Crippen molar-refractivity contribution in [1.82, 2.24) is 20.0 Å². The summed E-state index contributed by atoms with van der Waals surface area (Å²) in [7, 11) is 3.95. The minimum Gasteiger partial charge on any atom is -0.378 e. The summed E-state index contributed by atoms with van der Waals surface area (Å²) in [5, 5.41) is 7.71. The molecule has 7 heteroatoms. The molecule has 1 N–H and O–H groups in total. The summed E-state index contributed by atoms with van der Waals surface area (Å²) in [5.74, 6) is -0.0547. The minimum absolute atomic E-state index is 0.0547. The topological polar surface area (TPSA) is 59.4 Å². The van der Waals surface area contributed by atoms with E-state index in [-0.39, 0.29) is 11.8 Å². The maximum absolute atomic E-state index is 12.4. The minimum atomic E-state index is -0.332. The van der Waals surface area contributed by atoms with Crippen LogP contribution in [0.1, 0.15) is 10.5 Å². The van der Waals surface area contributed by atoms with Gasteiger partial charge >= 0.3 is 0 Å². The number of nitrogens with one attached hydrogen (secondary N) is 1. The van der Waals surface area contributed by atoms with E-state index >= 15 is 0 Å². The monoisotopic (exact) mass is 286 g/mol. The van der Waals surface area contributed by atoms with Gasteiger partial charge < -0.3 is 15.0 Å². The summed E-state index contributed by atoms with van der Waals surface area (Å²) in [5.41, 5.74) is 0.464. The summed E-state index contributed by atoms with van der Waals surface area (Å²) in [6, 6.07) is -0.332. The molecular weight excluding hydrogens is 268 g/mol. The van der Waals surface area contributed by atoms with E-state index in [9.17, 15) is 4.79 Å². The van der Waals surface area contributed by atoms with Crippen molar-refractivity contribution in [2.75, 3.05) is 40.4 Å². The normalized spacial score (nSPS) is 19.9. The largest absolute Gasteiger partial charge is 0.378 e. The Morgan fingerprint density at radius 3 is 3.11 bits per heavy atom. The molecule has 0 bridgehead atoms. The second kappa shape index (κ2) is 6.47. The van der Waals surface area contributed by atoms with Crippen molar-refractivity contribution in [3.05, 3.63) is 16.9 Å². The lowest BCUT2D eigenvalue weighted by molar-refractivity contribution is 0.0599. The Bertz CT molecular complexity index is 441. The number of hydrogen-bond donors (Lipinski definition) is 1. The number of rotatable bonds is 5. The van der Waals surface area contributed by atoms with Crippen LogP contribution >= 0.6 is 11.6 Å². The molecule has 1 saturated heterocycles. The predicted octanol–water partition coefficient (Wildman–Crippen LogP) is 0.269. The number of morpholine rings is 1. The van der Waals surface area contributed by atoms with Gasteiger partial charge in [-0.05, 0) is 14.1 Å². The Hall–Kier alpha value is -0.950. The molecule has 1 aromatic rings. The van der Waals surface area contributed by atoms with Gasteiger partial charge in [0.2, 0.25) is 5.78 Å². The van der Waals surface area contributed by atoms with Crippen LogP contribution in [0, 0.1) is 0 Å². The summed E-state index contributed by atoms with van der Waals surface area (Å²) in [6.45, 7) is 3.13. The van der Waals surface area contributed by atoms with Crippen LogP contribution in [0.5, 0.6) is 0 Å². The van der Waals surface area contributed by atoms with Gasteiger partial charge in [0.1, 0.15) is 5.69 Å². The van der Waals surface area contributed by atoms with Gasteiger partial charge in [0, 0.05) is 13.1 Å². The summed E-state index contributed by atoms with van der Waals surface area (Å²) >= 11 is 6.09. The first-order valence-corrected chi connectivity index (χ1v) is 6.68. The van der Waals surface area contributed by atoms with Crippen LogP contribution in [0.15, 0.2) is 6.20 Å². The average molecular weight is 287 g/mol. The van der Waals surface area contributed by atoms with Gasteiger partial charge in [-0.15, -0.1) is 0 Å². The Balaban J connectivity index is 2.13. The average Bonchev–Trinajstić information content (AvgIpc) is 2.78. The highest BCUT2D eigenvalue weighted by Gasteiger charge is 2.27. The third-order valence-corrected chi connectivity index (χ3v) is 3.30. The molecule has 1 aromatic heterocycles. The summed E-state index contributed by atoms with van der Waals surface area (Å²) in [6.07, 6.45) is 1.52. The van der Waals surface area contributed by atoms with Gasteiger partial charge in [0.05, 0.1) is 37.0 Å². The molecule has 1 atom stereocenters. The van der Waals surface area contributed by atoms with Crippen molar-refractivity contribution in [3.63, 3.8) is 0 Å². The molecule has 0 saturated carbocycles. The van der Waals surface area contributed by atoms with Crippen LogP contribution < -0.4 is 5.32 Å². The Kier molecular flexibility index (Phi) is 4.93. The molecule has 1 unspecified atom stereocenters. The van der Waals surface area contributed by atoms with Crippen LogP contribution in [0.25, 0.3) is 0 Å². The zero-order chi connectivity index (χ0) is 13.8. The summed E-state index contributed by atoms with van der Waals surface area (Å²) < 4.78 is 6.98. The number of nitrogens with zero attached hydrogens (tertiary/aromatic N) is 3. The van der Waals surface area contributed by atoms with E-state index in [2.05, 4.69) is 10.4 Å². The van der Waals surface area contributed by atoms with Crippen LogP contribution in [0.3, 0.4) is 0 Å². The molecule has 0 amide bonds. The molecule has 1 fully saturated rings. The third kappa shape index (κ3) is 3.54. The number of halogens is 1. The molecule has 19 heavy (non-hydrogen) atoms. The number of ether oxygens (including phenoxy) is 1. The highest BCUT2D eigenvalue weighted by molar-refractivity contribution is 6.33. The number of likely N-dealkylation sites (N-methyl/N-ethyl adjacent to an activating group) is 1. The van der Waals surface area contributed by atoms with Gasteiger partial charge in [-0.25, -0.2) is 0 Å². The van der Waals surface area contributed by atoms with Crippen LogP contribution in [-0.4, -0.2) is 66.9 Å². The van der Waals surface area contributed by atoms with Crippen molar-refractivity contribution in [2.24, 2.45) is 0 Å². The summed E-state index contributed by atoms with van der Waals surface area (Å²) in [4.78, 5) is 14.5. The van der Waals surface area contributed by atoms with Gasteiger partial charge in [-0.1, -0.05) is 11.6 Å². The molecule has 0 spiro atoms. The van der Waals surface area contributed by atoms with Crippen LogP contribution in [0.4, 0.5) is 0 Å². The molecule has 1 aliphatic heterocycles. The van der Waals surface area contributed by atoms with Crippen molar-refractivity contribution in [2.45, 2.75) is 12.6 Å². The second-order valence-electron chi connectivity index (χ2n) is 4.81. The van der Waals surface area contributed by atoms with E-state index in [1.807, 2.05) is 19.0 Å². The lowest BCUT2D eigenvalue weighted by Gasteiger charge is -2.23. The quantitative estimate of drug-likeness (QED) is 0.788. The predicted molar refractivity (Wildman–Crippen MR) is 72.7 cm³/mol. The van der Waals surface area contributed by atoms with E-state index in [1.165, 1.54) is 6.20 Å². The van der Waals surface area contributed by atoms with Crippen LogP contribution in [0.2, 0.25) is 5.02 Å². The first kappa shape index (κ1) is 14.5. The lowest BCUT2D eigenvalue weighted by atomic mass is 10.1. The van der Waals surface area contributed by atoms with Crippen molar-refractivity contribution in [1.29, 1.82) is 0 Å². The number of carbonyl (C=O) groups excluding carboxylic acids is 1. The van der Waals surface area contributed by atoms with E-state index in [0.29, 0.717) is 37.0 Å². The Morgan fingerprint density at radius 1 is 1.68 bits per heavy atom. The highest BCUT2D eigenvalue weighted by Crippen LogP contribution is 2.18. The number of hydrogen-bond acceptors (Lipinski definition) is 5. The Labute approximate surface area is 117 Å². The molecule has 1 aliphatic rings. The van der Waals surface area contributed by atoms with E-state index < -0.39 is 0 Å². The molecule has 0 radical (unpaired) electrons. The maximum Gasteiger partial charge on any atom is 0.201 e. The smallest absolute Gasteiger partial charge is 0.201 e. The second-order valence-corrected chi connectivity index (χ2v) is 5.22. The van der Waals surface area contributed by atoms with Crippen molar-refractivity contribution >= 4 is 17.4 Å². The molecular formula is C12H19ClN4O2. The third-order valence-electron chi connectivity index (χ3n) is 3.03. The fraction of sp³-hybridized carbons (Fsp3) is 0.667. The maximum atomic E-state index is 12.4. The van der Waals surface area contributed by atoms with Gasteiger partial charge in [-0.2, -0.15) is 5.10 Å². The number of aromatic nitrogens is 2. The van der Waals surface area contributed by atoms with Gasteiger partial charge in [0.15, 0.2) is 0 Å². The zero-order valence-corrected chi connectivity index (χ0v) is 12.0. The fourth-order valence-corrected chi connectivity index (χ4v) is 2.20. The number of carbonyl (C=O) groups is 1. The molecule has 2 heterocycles. The number of ketones is 1. The molecule has 6 nitrogen and oxygen atoms in total. The fourth-order valence-electron chi connectivity index (χ4n) is 1.97. The highest BCUT2D eigenvalue weighted by atomic mass is 35.5.